The minimum Gasteiger partial charge on any atom is -0.493 e. The fraction of sp³-hybridized carbons (Fsp3) is 0.316. The van der Waals surface area contributed by atoms with Crippen LogP contribution in [0.3, 0.4) is 0 Å². The van der Waals surface area contributed by atoms with Gasteiger partial charge in [-0.25, -0.2) is 4.98 Å². The van der Waals surface area contributed by atoms with Crippen LogP contribution in [0.25, 0.3) is 27.5 Å². The molecule has 0 saturated carbocycles. The Morgan fingerprint density at radius 1 is 1.37 bits per heavy atom. The number of hydrogen-bond acceptors (Lipinski definition) is 4. The van der Waals surface area contributed by atoms with Crippen LogP contribution in [0, 0.1) is 0 Å². The summed E-state index contributed by atoms with van der Waals surface area (Å²) in [4.78, 5) is 20.2. The molecule has 3 rings (SSSR count). The fourth-order valence-electron chi connectivity index (χ4n) is 2.99. The summed E-state index contributed by atoms with van der Waals surface area (Å²) in [6.07, 6.45) is 1.65. The highest BCUT2D eigenvalue weighted by atomic mass is 35.5. The zero-order chi connectivity index (χ0) is 19.6. The molecule has 0 aliphatic carbocycles. The van der Waals surface area contributed by atoms with Crippen molar-refractivity contribution >= 4 is 39.3 Å². The highest BCUT2D eigenvalue weighted by Gasteiger charge is 2.18. The number of benzene rings is 1. The van der Waals surface area contributed by atoms with Crippen molar-refractivity contribution in [1.82, 2.24) is 19.7 Å². The molecule has 0 aliphatic rings. The van der Waals surface area contributed by atoms with Gasteiger partial charge in [0.25, 0.3) is 5.56 Å². The van der Waals surface area contributed by atoms with E-state index >= 15 is 0 Å². The number of aryl methyl sites for hydroxylation is 2. The van der Waals surface area contributed by atoms with Crippen LogP contribution in [-0.4, -0.2) is 26.4 Å². The summed E-state index contributed by atoms with van der Waals surface area (Å²) in [6.45, 7) is 4.43. The van der Waals surface area contributed by atoms with E-state index in [1.54, 1.807) is 29.9 Å². The van der Waals surface area contributed by atoms with Crippen molar-refractivity contribution in [3.63, 3.8) is 0 Å². The van der Waals surface area contributed by atoms with Crippen LogP contribution in [-0.2, 0) is 13.5 Å². The van der Waals surface area contributed by atoms with Gasteiger partial charge in [-0.3, -0.25) is 9.48 Å². The fourth-order valence-corrected chi connectivity index (χ4v) is 3.23. The number of hydrogen-bond donors (Lipinski definition) is 1. The Kier molecular flexibility index (Phi) is 5.87. The lowest BCUT2D eigenvalue weighted by Crippen LogP contribution is -2.13. The first kappa shape index (κ1) is 19.5. The second-order valence-corrected chi connectivity index (χ2v) is 6.66. The second kappa shape index (κ2) is 8.15. The van der Waals surface area contributed by atoms with Crippen molar-refractivity contribution in [3.8, 4) is 17.1 Å². The van der Waals surface area contributed by atoms with E-state index in [1.807, 2.05) is 6.92 Å². The third-order valence-corrected chi connectivity index (χ3v) is 4.81. The molecule has 0 saturated heterocycles. The highest BCUT2D eigenvalue weighted by molar-refractivity contribution is 6.52. The number of nitrogens with one attached hydrogen (secondary N) is 1. The second-order valence-electron chi connectivity index (χ2n) is 6.03. The number of aromatic nitrogens is 4. The van der Waals surface area contributed by atoms with Gasteiger partial charge < -0.3 is 9.72 Å². The van der Waals surface area contributed by atoms with Crippen LogP contribution >= 0.6 is 23.2 Å². The molecule has 2 heterocycles. The Morgan fingerprint density at radius 2 is 2.15 bits per heavy atom. The molecule has 8 heteroatoms. The molecule has 6 nitrogen and oxygen atoms in total. The Bertz CT molecular complexity index is 1070. The lowest BCUT2D eigenvalue weighted by Gasteiger charge is -2.11. The number of H-pyrrole nitrogens is 1. The van der Waals surface area contributed by atoms with Gasteiger partial charge in [0.15, 0.2) is 5.52 Å². The van der Waals surface area contributed by atoms with Gasteiger partial charge in [-0.15, -0.1) is 0 Å². The predicted octanol–water partition coefficient (Wildman–Crippen LogP) is 4.45. The van der Waals surface area contributed by atoms with E-state index < -0.39 is 0 Å². The minimum absolute atomic E-state index is 0.251. The molecule has 0 bridgehead atoms. The Hall–Kier alpha value is -2.31. The summed E-state index contributed by atoms with van der Waals surface area (Å²) in [7, 11) is 1.75. The SMILES string of the molecule is CCCc1nn(C)c2c(=O)[nH]c(-c3cc(/C(Cl)=C\Cl)ccc3OCC)nc12. The van der Waals surface area contributed by atoms with Crippen molar-refractivity contribution in [2.75, 3.05) is 6.61 Å². The molecule has 0 atom stereocenters. The Morgan fingerprint density at radius 3 is 2.81 bits per heavy atom. The number of ether oxygens (including phenoxy) is 1. The van der Waals surface area contributed by atoms with E-state index in [0.29, 0.717) is 45.4 Å². The molecule has 0 unspecified atom stereocenters. The average Bonchev–Trinajstić information content (AvgIpc) is 2.98. The number of halogens is 2. The van der Waals surface area contributed by atoms with E-state index in [0.717, 1.165) is 18.5 Å². The zero-order valence-electron chi connectivity index (χ0n) is 15.3. The summed E-state index contributed by atoms with van der Waals surface area (Å²) in [6, 6.07) is 5.39. The van der Waals surface area contributed by atoms with Crippen molar-refractivity contribution in [2.45, 2.75) is 26.7 Å². The quantitative estimate of drug-likeness (QED) is 0.655. The first-order valence-electron chi connectivity index (χ1n) is 8.69. The van der Waals surface area contributed by atoms with Crippen LogP contribution in [0.2, 0.25) is 0 Å². The molecule has 27 heavy (non-hydrogen) atoms. The van der Waals surface area contributed by atoms with Crippen LogP contribution in [0.5, 0.6) is 5.75 Å². The highest BCUT2D eigenvalue weighted by Crippen LogP contribution is 2.33. The molecule has 1 N–H and O–H groups in total. The van der Waals surface area contributed by atoms with E-state index in [2.05, 4.69) is 17.0 Å². The van der Waals surface area contributed by atoms with Crippen molar-refractivity contribution in [2.24, 2.45) is 7.05 Å². The number of nitrogens with zero attached hydrogens (tertiary/aromatic N) is 3. The number of rotatable bonds is 6. The molecule has 3 aromatic rings. The minimum atomic E-state index is -0.251. The van der Waals surface area contributed by atoms with E-state index in [-0.39, 0.29) is 5.56 Å². The van der Waals surface area contributed by atoms with Crippen molar-refractivity contribution in [1.29, 1.82) is 0 Å². The van der Waals surface area contributed by atoms with Gasteiger partial charge in [0.1, 0.15) is 17.1 Å². The van der Waals surface area contributed by atoms with Gasteiger partial charge in [0, 0.05) is 12.6 Å². The van der Waals surface area contributed by atoms with Gasteiger partial charge in [0.2, 0.25) is 0 Å². The van der Waals surface area contributed by atoms with Crippen molar-refractivity contribution < 1.29 is 4.74 Å². The lowest BCUT2D eigenvalue weighted by atomic mass is 10.1. The molecule has 0 amide bonds. The van der Waals surface area contributed by atoms with Gasteiger partial charge in [-0.2, -0.15) is 5.10 Å². The van der Waals surface area contributed by atoms with Crippen LogP contribution in [0.15, 0.2) is 28.5 Å². The summed E-state index contributed by atoms with van der Waals surface area (Å²) >= 11 is 11.9. The van der Waals surface area contributed by atoms with E-state index in [1.165, 1.54) is 5.54 Å². The summed E-state index contributed by atoms with van der Waals surface area (Å²) in [5, 5.41) is 4.83. The summed E-state index contributed by atoms with van der Waals surface area (Å²) < 4.78 is 7.29. The third-order valence-electron chi connectivity index (χ3n) is 4.16. The molecule has 1 aromatic carbocycles. The first-order chi connectivity index (χ1) is 13.0. The monoisotopic (exact) mass is 406 g/mol. The maximum atomic E-state index is 12.7. The number of fused-ring (bicyclic) bond motifs is 1. The van der Waals surface area contributed by atoms with Crippen LogP contribution < -0.4 is 10.3 Å². The molecule has 0 spiro atoms. The van der Waals surface area contributed by atoms with Crippen LogP contribution in [0.1, 0.15) is 31.5 Å². The molecular weight excluding hydrogens is 387 g/mol. The largest absolute Gasteiger partial charge is 0.493 e. The topological polar surface area (TPSA) is 72.8 Å². The van der Waals surface area contributed by atoms with Crippen molar-refractivity contribution in [3.05, 3.63) is 45.3 Å². The summed E-state index contributed by atoms with van der Waals surface area (Å²) in [5.74, 6) is 1.01. The maximum absolute atomic E-state index is 12.7. The normalized spacial score (nSPS) is 12.0. The average molecular weight is 407 g/mol. The van der Waals surface area contributed by atoms with Gasteiger partial charge in [-0.1, -0.05) is 36.5 Å². The van der Waals surface area contributed by atoms with Gasteiger partial charge >= 0.3 is 0 Å². The molecular formula is C19H20Cl2N4O2. The molecule has 142 valence electrons. The van der Waals surface area contributed by atoms with Gasteiger partial charge in [0.05, 0.1) is 22.9 Å². The Labute approximate surface area is 166 Å². The standard InChI is InChI=1S/C19H20Cl2N4O2/c1-4-6-14-16-17(25(3)24-14)19(26)23-18(22-16)12-9-11(13(21)10-20)7-8-15(12)27-5-2/h7-10H,4-6H2,1-3H3,(H,22,23,26)/b13-10+. The molecule has 2 aromatic heterocycles. The van der Waals surface area contributed by atoms with E-state index in [4.69, 9.17) is 32.9 Å². The predicted molar refractivity (Wildman–Crippen MR) is 109 cm³/mol. The zero-order valence-corrected chi connectivity index (χ0v) is 16.9. The third kappa shape index (κ3) is 3.73. The van der Waals surface area contributed by atoms with Gasteiger partial charge in [-0.05, 0) is 37.1 Å². The lowest BCUT2D eigenvalue weighted by molar-refractivity contribution is 0.341. The molecule has 0 aliphatic heterocycles. The Balaban J connectivity index is 2.27. The van der Waals surface area contributed by atoms with E-state index in [9.17, 15) is 4.79 Å². The van der Waals surface area contributed by atoms with Crippen LogP contribution in [0.4, 0.5) is 0 Å². The maximum Gasteiger partial charge on any atom is 0.277 e. The smallest absolute Gasteiger partial charge is 0.277 e. The first-order valence-corrected chi connectivity index (χ1v) is 9.50. The summed E-state index contributed by atoms with van der Waals surface area (Å²) in [5.41, 5.74) is 4.24. The number of aromatic amines is 1. The molecule has 0 fully saturated rings. The molecule has 0 radical (unpaired) electrons.